The minimum atomic E-state index is -0.215. The summed E-state index contributed by atoms with van der Waals surface area (Å²) in [5.74, 6) is 2.82. The van der Waals surface area contributed by atoms with E-state index in [0.717, 1.165) is 30.2 Å². The van der Waals surface area contributed by atoms with E-state index in [1.807, 2.05) is 0 Å². The van der Waals surface area contributed by atoms with E-state index in [9.17, 15) is 0 Å². The molecule has 4 heteroatoms. The average Bonchev–Trinajstić information content (AvgIpc) is 2.71. The molecule has 2 nitrogen and oxygen atoms in total. The van der Waals surface area contributed by atoms with E-state index in [0.29, 0.717) is 6.04 Å². The zero-order valence-corrected chi connectivity index (χ0v) is 11.9. The van der Waals surface area contributed by atoms with E-state index in [4.69, 9.17) is 22.8 Å². The SMILES string of the molecule is C#CC1CC2(CC(C)N1)OCCc1cc(Cl)sc12. The zero-order chi connectivity index (χ0) is 12.8. The fraction of sp³-hybridized carbons (Fsp3) is 0.571. The molecule has 2 aliphatic heterocycles. The van der Waals surface area contributed by atoms with Crippen molar-refractivity contribution >= 4 is 22.9 Å². The maximum atomic E-state index is 6.17. The highest BCUT2D eigenvalue weighted by atomic mass is 35.5. The molecule has 0 bridgehead atoms. The Labute approximate surface area is 117 Å². The van der Waals surface area contributed by atoms with Crippen molar-refractivity contribution in [2.75, 3.05) is 6.61 Å². The number of rotatable bonds is 0. The highest BCUT2D eigenvalue weighted by Crippen LogP contribution is 2.47. The first-order valence-corrected chi connectivity index (χ1v) is 7.47. The van der Waals surface area contributed by atoms with Crippen LogP contribution in [0, 0.1) is 12.3 Å². The largest absolute Gasteiger partial charge is 0.369 e. The van der Waals surface area contributed by atoms with Gasteiger partial charge < -0.3 is 10.1 Å². The Hall–Kier alpha value is -0.530. The molecule has 0 aliphatic carbocycles. The summed E-state index contributed by atoms with van der Waals surface area (Å²) in [5, 5.41) is 3.43. The van der Waals surface area contributed by atoms with E-state index >= 15 is 0 Å². The number of nitrogens with one attached hydrogen (secondary N) is 1. The molecule has 1 aromatic rings. The summed E-state index contributed by atoms with van der Waals surface area (Å²) in [4.78, 5) is 1.30. The summed E-state index contributed by atoms with van der Waals surface area (Å²) in [6, 6.07) is 2.54. The molecule has 0 radical (unpaired) electrons. The Kier molecular flexibility index (Phi) is 3.15. The molecule has 0 amide bonds. The molecule has 2 aliphatic rings. The number of ether oxygens (including phenoxy) is 1. The van der Waals surface area contributed by atoms with Gasteiger partial charge in [-0.15, -0.1) is 17.8 Å². The number of piperidine rings is 1. The number of thiophene rings is 1. The van der Waals surface area contributed by atoms with Crippen LogP contribution < -0.4 is 5.32 Å². The number of terminal acetylenes is 1. The molecule has 96 valence electrons. The van der Waals surface area contributed by atoms with Crippen molar-refractivity contribution in [2.24, 2.45) is 0 Å². The van der Waals surface area contributed by atoms with E-state index < -0.39 is 0 Å². The van der Waals surface area contributed by atoms with E-state index in [1.165, 1.54) is 10.4 Å². The highest BCUT2D eigenvalue weighted by molar-refractivity contribution is 7.16. The lowest BCUT2D eigenvalue weighted by atomic mass is 9.80. The normalized spacial score (nSPS) is 35.2. The van der Waals surface area contributed by atoms with Crippen molar-refractivity contribution in [3.63, 3.8) is 0 Å². The second-order valence-corrected chi connectivity index (χ2v) is 6.88. The average molecular weight is 282 g/mol. The van der Waals surface area contributed by atoms with Crippen LogP contribution in [0.15, 0.2) is 6.07 Å². The van der Waals surface area contributed by atoms with Crippen LogP contribution in [0.2, 0.25) is 4.34 Å². The summed E-state index contributed by atoms with van der Waals surface area (Å²) in [6.07, 6.45) is 8.36. The molecule has 0 saturated carbocycles. The number of hydrogen-bond acceptors (Lipinski definition) is 3. The van der Waals surface area contributed by atoms with Crippen LogP contribution in [0.5, 0.6) is 0 Å². The summed E-state index contributed by atoms with van der Waals surface area (Å²) in [7, 11) is 0. The summed E-state index contributed by atoms with van der Waals surface area (Å²) >= 11 is 7.82. The van der Waals surface area contributed by atoms with Crippen LogP contribution in [0.3, 0.4) is 0 Å². The molecule has 18 heavy (non-hydrogen) atoms. The number of hydrogen-bond donors (Lipinski definition) is 1. The van der Waals surface area contributed by atoms with Gasteiger partial charge in [-0.2, -0.15) is 0 Å². The van der Waals surface area contributed by atoms with Crippen LogP contribution in [0.4, 0.5) is 0 Å². The van der Waals surface area contributed by atoms with Gasteiger partial charge in [0.05, 0.1) is 17.0 Å². The Bertz CT molecular complexity index is 506. The minimum absolute atomic E-state index is 0.0839. The van der Waals surface area contributed by atoms with E-state index in [2.05, 4.69) is 24.2 Å². The monoisotopic (exact) mass is 281 g/mol. The topological polar surface area (TPSA) is 21.3 Å². The number of halogens is 1. The van der Waals surface area contributed by atoms with E-state index in [-0.39, 0.29) is 11.6 Å². The fourth-order valence-electron chi connectivity index (χ4n) is 3.17. The van der Waals surface area contributed by atoms with Gasteiger partial charge in [0.1, 0.15) is 5.60 Å². The van der Waals surface area contributed by atoms with Gasteiger partial charge in [-0.05, 0) is 31.4 Å². The fourth-order valence-corrected chi connectivity index (χ4v) is 4.63. The van der Waals surface area contributed by atoms with Crippen molar-refractivity contribution in [3.8, 4) is 12.3 Å². The van der Waals surface area contributed by atoms with Crippen molar-refractivity contribution in [1.29, 1.82) is 0 Å². The lowest BCUT2D eigenvalue weighted by molar-refractivity contribution is -0.0902. The molecule has 0 aromatic carbocycles. The minimum Gasteiger partial charge on any atom is -0.369 e. The van der Waals surface area contributed by atoms with Crippen molar-refractivity contribution < 1.29 is 4.74 Å². The third-order valence-corrected chi connectivity index (χ3v) is 5.29. The third kappa shape index (κ3) is 1.98. The van der Waals surface area contributed by atoms with Crippen molar-refractivity contribution in [3.05, 3.63) is 20.8 Å². The maximum absolute atomic E-state index is 6.17. The molecule has 3 unspecified atom stereocenters. The smallest absolute Gasteiger partial charge is 0.106 e. The van der Waals surface area contributed by atoms with Crippen LogP contribution >= 0.6 is 22.9 Å². The van der Waals surface area contributed by atoms with Crippen LogP contribution in [0.1, 0.15) is 30.2 Å². The second kappa shape index (κ2) is 4.54. The molecule has 1 spiro atoms. The van der Waals surface area contributed by atoms with Gasteiger partial charge in [0.15, 0.2) is 0 Å². The van der Waals surface area contributed by atoms with Gasteiger partial charge in [0, 0.05) is 17.3 Å². The molecule has 1 N–H and O–H groups in total. The van der Waals surface area contributed by atoms with Gasteiger partial charge in [-0.1, -0.05) is 17.5 Å². The van der Waals surface area contributed by atoms with Gasteiger partial charge in [0.2, 0.25) is 0 Å². The standard InChI is InChI=1S/C14H16ClNOS/c1-3-11-8-14(7-9(2)16-11)13-10(4-5-17-14)6-12(15)18-13/h1,6,9,11,16H,4-5,7-8H2,2H3. The Morgan fingerprint density at radius 2 is 2.44 bits per heavy atom. The number of fused-ring (bicyclic) bond motifs is 2. The predicted octanol–water partition coefficient (Wildman–Crippen LogP) is 2.94. The summed E-state index contributed by atoms with van der Waals surface area (Å²) < 4.78 is 7.02. The van der Waals surface area contributed by atoms with Gasteiger partial charge in [-0.3, -0.25) is 0 Å². The molecule has 1 saturated heterocycles. The van der Waals surface area contributed by atoms with E-state index in [1.54, 1.807) is 11.3 Å². The first kappa shape index (κ1) is 12.5. The molecule has 3 rings (SSSR count). The first-order chi connectivity index (χ1) is 8.63. The van der Waals surface area contributed by atoms with Crippen molar-refractivity contribution in [1.82, 2.24) is 5.32 Å². The third-order valence-electron chi connectivity index (χ3n) is 3.80. The van der Waals surface area contributed by atoms with Crippen LogP contribution in [-0.4, -0.2) is 18.7 Å². The molecule has 1 fully saturated rings. The lowest BCUT2D eigenvalue weighted by Crippen LogP contribution is -2.52. The van der Waals surface area contributed by atoms with Gasteiger partial charge >= 0.3 is 0 Å². The van der Waals surface area contributed by atoms with Crippen molar-refractivity contribution in [2.45, 2.75) is 43.9 Å². The Morgan fingerprint density at radius 3 is 3.22 bits per heavy atom. The van der Waals surface area contributed by atoms with Gasteiger partial charge in [-0.25, -0.2) is 0 Å². The maximum Gasteiger partial charge on any atom is 0.106 e. The van der Waals surface area contributed by atoms with Crippen LogP contribution in [-0.2, 0) is 16.8 Å². The van der Waals surface area contributed by atoms with Gasteiger partial charge in [0.25, 0.3) is 0 Å². The quantitative estimate of drug-likeness (QED) is 0.738. The molecular weight excluding hydrogens is 266 g/mol. The second-order valence-electron chi connectivity index (χ2n) is 5.19. The lowest BCUT2D eigenvalue weighted by Gasteiger charge is -2.44. The summed E-state index contributed by atoms with van der Waals surface area (Å²) in [6.45, 7) is 2.93. The first-order valence-electron chi connectivity index (χ1n) is 6.28. The molecular formula is C14H16ClNOS. The molecule has 3 heterocycles. The van der Waals surface area contributed by atoms with Crippen LogP contribution in [0.25, 0.3) is 0 Å². The molecule has 1 aromatic heterocycles. The zero-order valence-electron chi connectivity index (χ0n) is 10.3. The Morgan fingerprint density at radius 1 is 1.61 bits per heavy atom. The molecule has 3 atom stereocenters. The Balaban J connectivity index is 2.02. The highest BCUT2D eigenvalue weighted by Gasteiger charge is 2.45. The summed E-state index contributed by atoms with van der Waals surface area (Å²) in [5.41, 5.74) is 1.13. The predicted molar refractivity (Wildman–Crippen MR) is 75.1 cm³/mol.